The van der Waals surface area contributed by atoms with Gasteiger partial charge < -0.3 is 15.2 Å². The molecule has 1 aliphatic rings. The van der Waals surface area contributed by atoms with Crippen molar-refractivity contribution < 1.29 is 18.7 Å². The van der Waals surface area contributed by atoms with Gasteiger partial charge in [0, 0.05) is 0 Å². The minimum Gasteiger partial charge on any atom is -0.491 e. The summed E-state index contributed by atoms with van der Waals surface area (Å²) in [5.41, 5.74) is 7.78. The molecule has 4 nitrogen and oxygen atoms in total. The Bertz CT molecular complexity index is 474. The second-order valence-corrected chi connectivity index (χ2v) is 4.83. The minimum atomic E-state index is -0.820. The molecule has 1 aliphatic carbocycles. The van der Waals surface area contributed by atoms with Crippen molar-refractivity contribution in [3.8, 4) is 5.75 Å². The van der Waals surface area contributed by atoms with E-state index >= 15 is 0 Å². The first kappa shape index (κ1) is 14.8. The third-order valence-corrected chi connectivity index (χ3v) is 3.30. The van der Waals surface area contributed by atoms with E-state index in [1.165, 1.54) is 0 Å². The highest BCUT2D eigenvalue weighted by atomic mass is 19.1. The van der Waals surface area contributed by atoms with Crippen molar-refractivity contribution in [1.82, 2.24) is 0 Å². The molecule has 0 aromatic heterocycles. The van der Waals surface area contributed by atoms with Crippen LogP contribution in [-0.4, -0.2) is 25.9 Å². The maximum Gasteiger partial charge on any atom is 0.327 e. The number of halogens is 1. The van der Waals surface area contributed by atoms with Crippen LogP contribution in [0.15, 0.2) is 18.2 Å². The summed E-state index contributed by atoms with van der Waals surface area (Å²) in [4.78, 5) is 11.8. The molecular weight excluding hydrogens is 261 g/mol. The van der Waals surface area contributed by atoms with Gasteiger partial charge in [-0.2, -0.15) is 0 Å². The molecule has 1 unspecified atom stereocenters. The topological polar surface area (TPSA) is 61.5 Å². The summed E-state index contributed by atoms with van der Waals surface area (Å²) in [5.74, 6) is 0.541. The third-order valence-electron chi connectivity index (χ3n) is 3.30. The monoisotopic (exact) mass is 281 g/mol. The van der Waals surface area contributed by atoms with Gasteiger partial charge in [0.25, 0.3) is 0 Å². The van der Waals surface area contributed by atoms with E-state index in [4.69, 9.17) is 15.2 Å². The van der Waals surface area contributed by atoms with Gasteiger partial charge in [0.2, 0.25) is 0 Å². The van der Waals surface area contributed by atoms with Crippen molar-refractivity contribution in [2.45, 2.75) is 31.7 Å². The first-order valence-corrected chi connectivity index (χ1v) is 6.92. The fraction of sp³-hybridized carbons (Fsp3) is 0.533. The molecule has 1 atom stereocenters. The lowest BCUT2D eigenvalue weighted by molar-refractivity contribution is -0.144. The van der Waals surface area contributed by atoms with Crippen LogP contribution in [0, 0.1) is 0 Å². The first-order valence-electron chi connectivity index (χ1n) is 6.92. The number of carbonyl (C=O) groups is 1. The molecule has 0 heterocycles. The lowest BCUT2D eigenvalue weighted by Crippen LogP contribution is -2.25. The average Bonchev–Trinajstić information content (AvgIpc) is 3.29. The summed E-state index contributed by atoms with van der Waals surface area (Å²) in [7, 11) is 0. The smallest absolute Gasteiger partial charge is 0.327 e. The number of ether oxygens (including phenoxy) is 2. The van der Waals surface area contributed by atoms with E-state index in [9.17, 15) is 9.18 Å². The molecule has 0 bridgehead atoms. The molecule has 1 aromatic rings. The standard InChI is InChI=1S/C15H20FNO3/c1-2-19-15(18)14(17)13-9-11(20-8-7-16)5-6-12(13)10-3-4-10/h5-6,9-10,14H,2-4,7-8,17H2,1H3. The van der Waals surface area contributed by atoms with Crippen LogP contribution in [0.1, 0.15) is 42.9 Å². The maximum absolute atomic E-state index is 12.2. The van der Waals surface area contributed by atoms with Crippen LogP contribution in [-0.2, 0) is 9.53 Å². The van der Waals surface area contributed by atoms with Crippen molar-refractivity contribution in [3.63, 3.8) is 0 Å². The number of rotatable bonds is 7. The van der Waals surface area contributed by atoms with Crippen LogP contribution in [0.2, 0.25) is 0 Å². The van der Waals surface area contributed by atoms with Gasteiger partial charge >= 0.3 is 5.97 Å². The fourth-order valence-electron chi connectivity index (χ4n) is 2.19. The number of carbonyl (C=O) groups excluding carboxylic acids is 1. The number of nitrogens with two attached hydrogens (primary N) is 1. The zero-order chi connectivity index (χ0) is 14.5. The van der Waals surface area contributed by atoms with E-state index < -0.39 is 18.7 Å². The molecule has 20 heavy (non-hydrogen) atoms. The zero-order valence-corrected chi connectivity index (χ0v) is 11.6. The lowest BCUT2D eigenvalue weighted by Gasteiger charge is -2.17. The Kier molecular flexibility index (Phi) is 4.95. The molecule has 1 fully saturated rings. The molecular formula is C15H20FNO3. The summed E-state index contributed by atoms with van der Waals surface area (Å²) in [6.07, 6.45) is 2.21. The Balaban J connectivity index is 2.23. The van der Waals surface area contributed by atoms with Crippen LogP contribution in [0.4, 0.5) is 4.39 Å². The van der Waals surface area contributed by atoms with Crippen molar-refractivity contribution in [2.24, 2.45) is 5.73 Å². The number of benzene rings is 1. The third kappa shape index (κ3) is 3.48. The summed E-state index contributed by atoms with van der Waals surface area (Å²) in [6.45, 7) is 1.48. The number of hydrogen-bond acceptors (Lipinski definition) is 4. The normalized spacial score (nSPS) is 15.8. The molecule has 1 aromatic carbocycles. The van der Waals surface area contributed by atoms with Crippen molar-refractivity contribution in [1.29, 1.82) is 0 Å². The fourth-order valence-corrected chi connectivity index (χ4v) is 2.19. The Morgan fingerprint density at radius 3 is 2.85 bits per heavy atom. The van der Waals surface area contributed by atoms with Crippen molar-refractivity contribution in [3.05, 3.63) is 29.3 Å². The largest absolute Gasteiger partial charge is 0.491 e. The highest BCUT2D eigenvalue weighted by molar-refractivity contribution is 5.78. The molecule has 0 aliphatic heterocycles. The Morgan fingerprint density at radius 2 is 2.25 bits per heavy atom. The Hall–Kier alpha value is -1.62. The van der Waals surface area contributed by atoms with E-state index in [1.54, 1.807) is 19.1 Å². The molecule has 0 saturated heterocycles. The second-order valence-electron chi connectivity index (χ2n) is 4.83. The zero-order valence-electron chi connectivity index (χ0n) is 11.6. The van der Waals surface area contributed by atoms with E-state index in [2.05, 4.69) is 0 Å². The molecule has 5 heteroatoms. The summed E-state index contributed by atoms with van der Waals surface area (Å²) in [6, 6.07) is 4.62. The van der Waals surface area contributed by atoms with Gasteiger partial charge in [0.05, 0.1) is 6.61 Å². The van der Waals surface area contributed by atoms with Gasteiger partial charge in [-0.3, -0.25) is 0 Å². The summed E-state index contributed by atoms with van der Waals surface area (Å²) >= 11 is 0. The van der Waals surface area contributed by atoms with Crippen LogP contribution >= 0.6 is 0 Å². The minimum absolute atomic E-state index is 0.00312. The Labute approximate surface area is 118 Å². The van der Waals surface area contributed by atoms with Crippen LogP contribution in [0.3, 0.4) is 0 Å². The van der Waals surface area contributed by atoms with Crippen molar-refractivity contribution in [2.75, 3.05) is 19.9 Å². The van der Waals surface area contributed by atoms with Crippen LogP contribution in [0.25, 0.3) is 0 Å². The number of hydrogen-bond donors (Lipinski definition) is 1. The molecule has 110 valence electrons. The molecule has 1 saturated carbocycles. The van der Waals surface area contributed by atoms with Crippen LogP contribution < -0.4 is 10.5 Å². The summed E-state index contributed by atoms with van der Waals surface area (Å²) in [5, 5.41) is 0. The van der Waals surface area contributed by atoms with Crippen LogP contribution in [0.5, 0.6) is 5.75 Å². The van der Waals surface area contributed by atoms with Gasteiger partial charge in [-0.15, -0.1) is 0 Å². The first-order chi connectivity index (χ1) is 9.67. The average molecular weight is 281 g/mol. The Morgan fingerprint density at radius 1 is 1.50 bits per heavy atom. The predicted octanol–water partition coefficient (Wildman–Crippen LogP) is 2.48. The molecule has 0 radical (unpaired) electrons. The summed E-state index contributed by atoms with van der Waals surface area (Å²) < 4.78 is 22.4. The highest BCUT2D eigenvalue weighted by Gasteiger charge is 2.30. The maximum atomic E-state index is 12.2. The number of esters is 1. The van der Waals surface area contributed by atoms with E-state index in [-0.39, 0.29) is 6.61 Å². The van der Waals surface area contributed by atoms with E-state index in [1.807, 2.05) is 6.07 Å². The van der Waals surface area contributed by atoms with Gasteiger partial charge in [-0.05, 0) is 48.9 Å². The lowest BCUT2D eigenvalue weighted by atomic mass is 9.97. The van der Waals surface area contributed by atoms with E-state index in [0.717, 1.165) is 24.0 Å². The molecule has 0 spiro atoms. The van der Waals surface area contributed by atoms with Gasteiger partial charge in [-0.25, -0.2) is 9.18 Å². The SMILES string of the molecule is CCOC(=O)C(N)c1cc(OCCF)ccc1C1CC1. The molecule has 2 rings (SSSR count). The van der Waals surface area contributed by atoms with Gasteiger partial charge in [0.1, 0.15) is 25.1 Å². The quantitative estimate of drug-likeness (QED) is 0.780. The molecule has 2 N–H and O–H groups in total. The van der Waals surface area contributed by atoms with E-state index in [0.29, 0.717) is 18.3 Å². The number of alkyl halides is 1. The second kappa shape index (κ2) is 6.70. The van der Waals surface area contributed by atoms with Crippen molar-refractivity contribution >= 4 is 5.97 Å². The highest BCUT2D eigenvalue weighted by Crippen LogP contribution is 2.43. The molecule has 0 amide bonds. The van der Waals surface area contributed by atoms with Gasteiger partial charge in [0.15, 0.2) is 0 Å². The predicted molar refractivity (Wildman–Crippen MR) is 73.4 cm³/mol. The van der Waals surface area contributed by atoms with Gasteiger partial charge in [-0.1, -0.05) is 6.07 Å².